The van der Waals surface area contributed by atoms with Crippen LogP contribution in [0.2, 0.25) is 0 Å². The summed E-state index contributed by atoms with van der Waals surface area (Å²) in [7, 11) is 0. The lowest BCUT2D eigenvalue weighted by molar-refractivity contribution is 0.704. The lowest BCUT2D eigenvalue weighted by Crippen LogP contribution is -2.22. The van der Waals surface area contributed by atoms with E-state index < -0.39 is 0 Å². The molecule has 1 saturated heterocycles. The van der Waals surface area contributed by atoms with Crippen molar-refractivity contribution in [3.8, 4) is 0 Å². The van der Waals surface area contributed by atoms with E-state index in [4.69, 9.17) is 0 Å². The van der Waals surface area contributed by atoms with Gasteiger partial charge in [-0.3, -0.25) is 0 Å². The highest BCUT2D eigenvalue weighted by Crippen LogP contribution is 2.28. The predicted octanol–water partition coefficient (Wildman–Crippen LogP) is 2.10. The first-order valence-corrected chi connectivity index (χ1v) is 8.19. The highest BCUT2D eigenvalue weighted by Gasteiger charge is 2.28. The monoisotopic (exact) mass is 334 g/mol. The van der Waals surface area contributed by atoms with E-state index in [9.17, 15) is 0 Å². The highest BCUT2D eigenvalue weighted by molar-refractivity contribution is 5.48. The minimum absolute atomic E-state index is 0.251. The maximum atomic E-state index is 4.67. The van der Waals surface area contributed by atoms with E-state index in [1.165, 1.54) is 0 Å². The molecule has 0 bridgehead atoms. The number of hydrogen-bond acceptors (Lipinski definition) is 8. The minimum Gasteiger partial charge on any atom is -0.340 e. The van der Waals surface area contributed by atoms with E-state index in [0.717, 1.165) is 37.0 Å². The van der Waals surface area contributed by atoms with E-state index in [1.807, 2.05) is 19.1 Å². The fourth-order valence-electron chi connectivity index (χ4n) is 2.92. The number of anilines is 3. The Labute approximate surface area is 145 Å². The summed E-state index contributed by atoms with van der Waals surface area (Å²) in [5, 5.41) is 3.14. The summed E-state index contributed by atoms with van der Waals surface area (Å²) in [6, 6.07) is 5.50. The second-order valence-corrected chi connectivity index (χ2v) is 5.93. The quantitative estimate of drug-likeness (QED) is 0.775. The van der Waals surface area contributed by atoms with Gasteiger partial charge in [-0.15, -0.1) is 0 Å². The Morgan fingerprint density at radius 2 is 1.72 bits per heavy atom. The molecule has 0 radical (unpaired) electrons. The second-order valence-electron chi connectivity index (χ2n) is 5.93. The van der Waals surface area contributed by atoms with Gasteiger partial charge in [-0.2, -0.15) is 0 Å². The average molecular weight is 334 g/mol. The highest BCUT2D eigenvalue weighted by atomic mass is 15.3. The number of aromatic nitrogens is 6. The topological polar surface area (TPSA) is 92.6 Å². The summed E-state index contributed by atoms with van der Waals surface area (Å²) in [5.41, 5.74) is 0.915. The van der Waals surface area contributed by atoms with Gasteiger partial charge >= 0.3 is 0 Å². The van der Waals surface area contributed by atoms with Crippen LogP contribution in [0, 0.1) is 6.92 Å². The molecule has 0 spiro atoms. The maximum absolute atomic E-state index is 4.67. The third kappa shape index (κ3) is 3.52. The number of hydrogen-bond donors (Lipinski definition) is 1. The lowest BCUT2D eigenvalue weighted by Gasteiger charge is -2.16. The van der Waals surface area contributed by atoms with Crippen molar-refractivity contribution < 1.29 is 0 Å². The third-order valence-corrected chi connectivity index (χ3v) is 4.07. The van der Waals surface area contributed by atoms with Gasteiger partial charge in [0.25, 0.3) is 0 Å². The first kappa shape index (κ1) is 15.4. The van der Waals surface area contributed by atoms with Crippen molar-refractivity contribution in [3.63, 3.8) is 0 Å². The van der Waals surface area contributed by atoms with Crippen molar-refractivity contribution in [1.82, 2.24) is 29.9 Å². The number of nitrogens with zero attached hydrogens (tertiary/aromatic N) is 7. The Balaban J connectivity index is 1.53. The van der Waals surface area contributed by atoms with Gasteiger partial charge in [0.15, 0.2) is 0 Å². The van der Waals surface area contributed by atoms with Crippen molar-refractivity contribution in [2.75, 3.05) is 23.3 Å². The van der Waals surface area contributed by atoms with Crippen LogP contribution in [0.15, 0.2) is 43.0 Å². The SMILES string of the molecule is Cc1cc(Nc2ncccn2)nc([C@@H]2CCN(c3ncccn3)C2)n1. The van der Waals surface area contributed by atoms with Gasteiger partial charge in [-0.25, -0.2) is 29.9 Å². The fraction of sp³-hybridized carbons (Fsp3) is 0.294. The standard InChI is InChI=1S/C17H18N8/c1-12-10-14(24-16-18-5-2-6-19-16)23-15(22-12)13-4-9-25(11-13)17-20-7-3-8-21-17/h2-3,5-8,10,13H,4,9,11H2,1H3,(H,18,19,22,23,24)/t13-/m1/s1. The molecule has 4 rings (SSSR count). The molecule has 8 nitrogen and oxygen atoms in total. The summed E-state index contributed by atoms with van der Waals surface area (Å²) in [6.45, 7) is 3.68. The van der Waals surface area contributed by atoms with Gasteiger partial charge < -0.3 is 10.2 Å². The van der Waals surface area contributed by atoms with Gasteiger partial charge in [0, 0.05) is 55.6 Å². The van der Waals surface area contributed by atoms with Crippen LogP contribution in [0.4, 0.5) is 17.7 Å². The number of aryl methyl sites for hydroxylation is 1. The molecule has 1 aliphatic heterocycles. The van der Waals surface area contributed by atoms with E-state index in [0.29, 0.717) is 11.8 Å². The normalized spacial score (nSPS) is 16.8. The van der Waals surface area contributed by atoms with Gasteiger partial charge in [-0.1, -0.05) is 0 Å². The van der Waals surface area contributed by atoms with Crippen molar-refractivity contribution >= 4 is 17.7 Å². The van der Waals surface area contributed by atoms with Crippen LogP contribution in [0.3, 0.4) is 0 Å². The molecule has 8 heteroatoms. The molecule has 0 aliphatic carbocycles. The molecule has 1 atom stereocenters. The van der Waals surface area contributed by atoms with Crippen LogP contribution in [-0.4, -0.2) is 43.0 Å². The number of rotatable bonds is 4. The van der Waals surface area contributed by atoms with Crippen LogP contribution in [0.25, 0.3) is 0 Å². The van der Waals surface area contributed by atoms with Gasteiger partial charge in [0.1, 0.15) is 11.6 Å². The van der Waals surface area contributed by atoms with Crippen LogP contribution in [-0.2, 0) is 0 Å². The average Bonchev–Trinajstić information content (AvgIpc) is 3.13. The van der Waals surface area contributed by atoms with E-state index >= 15 is 0 Å². The maximum Gasteiger partial charge on any atom is 0.228 e. The number of nitrogens with one attached hydrogen (secondary N) is 1. The van der Waals surface area contributed by atoms with E-state index in [1.54, 1.807) is 30.9 Å². The van der Waals surface area contributed by atoms with E-state index in [2.05, 4.69) is 40.1 Å². The summed E-state index contributed by atoms with van der Waals surface area (Å²) in [4.78, 5) is 28.5. The molecule has 1 N–H and O–H groups in total. The van der Waals surface area contributed by atoms with Crippen LogP contribution in [0.5, 0.6) is 0 Å². The summed E-state index contributed by atoms with van der Waals surface area (Å²) in [5.74, 6) is 3.08. The smallest absolute Gasteiger partial charge is 0.228 e. The minimum atomic E-state index is 0.251. The molecule has 3 aromatic rings. The molecular formula is C17H18N8. The molecular weight excluding hydrogens is 316 g/mol. The molecule has 25 heavy (non-hydrogen) atoms. The molecule has 0 saturated carbocycles. The zero-order chi connectivity index (χ0) is 17.1. The first-order valence-electron chi connectivity index (χ1n) is 8.19. The van der Waals surface area contributed by atoms with Crippen LogP contribution < -0.4 is 10.2 Å². The molecule has 126 valence electrons. The molecule has 0 unspecified atom stereocenters. The van der Waals surface area contributed by atoms with Gasteiger partial charge in [0.2, 0.25) is 11.9 Å². The van der Waals surface area contributed by atoms with Crippen molar-refractivity contribution in [1.29, 1.82) is 0 Å². The Hall–Kier alpha value is -3.16. The van der Waals surface area contributed by atoms with Crippen molar-refractivity contribution in [3.05, 3.63) is 54.5 Å². The Morgan fingerprint density at radius 3 is 2.48 bits per heavy atom. The van der Waals surface area contributed by atoms with Gasteiger partial charge in [0.05, 0.1) is 0 Å². The summed E-state index contributed by atoms with van der Waals surface area (Å²) in [6.07, 6.45) is 7.89. The Morgan fingerprint density at radius 1 is 1.00 bits per heavy atom. The predicted molar refractivity (Wildman–Crippen MR) is 93.7 cm³/mol. The summed E-state index contributed by atoms with van der Waals surface area (Å²) < 4.78 is 0. The lowest BCUT2D eigenvalue weighted by atomic mass is 10.1. The second kappa shape index (κ2) is 6.76. The van der Waals surface area contributed by atoms with Gasteiger partial charge in [-0.05, 0) is 25.5 Å². The van der Waals surface area contributed by atoms with Crippen molar-refractivity contribution in [2.24, 2.45) is 0 Å². The first-order chi connectivity index (χ1) is 12.3. The van der Waals surface area contributed by atoms with Crippen LogP contribution >= 0.6 is 0 Å². The molecule has 1 aliphatic rings. The molecule has 3 aromatic heterocycles. The summed E-state index contributed by atoms with van der Waals surface area (Å²) >= 11 is 0. The van der Waals surface area contributed by atoms with E-state index in [-0.39, 0.29) is 5.92 Å². The molecule has 0 amide bonds. The Kier molecular flexibility index (Phi) is 4.16. The Bertz CT molecular complexity index is 840. The van der Waals surface area contributed by atoms with Crippen LogP contribution in [0.1, 0.15) is 23.9 Å². The zero-order valence-corrected chi connectivity index (χ0v) is 13.9. The van der Waals surface area contributed by atoms with Crippen molar-refractivity contribution in [2.45, 2.75) is 19.3 Å². The third-order valence-electron chi connectivity index (χ3n) is 4.07. The fourth-order valence-corrected chi connectivity index (χ4v) is 2.92. The molecule has 4 heterocycles. The largest absolute Gasteiger partial charge is 0.340 e. The molecule has 1 fully saturated rings. The zero-order valence-electron chi connectivity index (χ0n) is 13.9. The molecule has 0 aromatic carbocycles.